The van der Waals surface area contributed by atoms with Crippen LogP contribution in [0.25, 0.3) is 0 Å². The minimum absolute atomic E-state index is 0.0892. The van der Waals surface area contributed by atoms with Crippen molar-refractivity contribution < 1.29 is 9.53 Å². The van der Waals surface area contributed by atoms with Crippen LogP contribution in [-0.4, -0.2) is 5.91 Å². The molecule has 3 nitrogen and oxygen atoms in total. The number of halogens is 1. The van der Waals surface area contributed by atoms with Gasteiger partial charge in [0.15, 0.2) is 0 Å². The van der Waals surface area contributed by atoms with Crippen molar-refractivity contribution in [2.45, 2.75) is 12.8 Å². The van der Waals surface area contributed by atoms with Gasteiger partial charge in [0, 0.05) is 21.8 Å². The maximum Gasteiger partial charge on any atom is 0.236 e. The number of para-hydroxylation sites is 2. The zero-order valence-electron chi connectivity index (χ0n) is 13.6. The van der Waals surface area contributed by atoms with E-state index in [0.29, 0.717) is 16.5 Å². The highest BCUT2D eigenvalue weighted by Crippen LogP contribution is 2.44. The highest BCUT2D eigenvalue weighted by molar-refractivity contribution is 6.30. The second-order valence-electron chi connectivity index (χ2n) is 6.06. The van der Waals surface area contributed by atoms with Crippen LogP contribution < -0.4 is 10.1 Å². The molecule has 3 aromatic rings. The second kappa shape index (κ2) is 6.26. The molecule has 1 N–H and O–H groups in total. The molecule has 0 aliphatic carbocycles. The number of carbonyl (C=O) groups is 1. The Kier molecular flexibility index (Phi) is 3.94. The molecule has 25 heavy (non-hydrogen) atoms. The smallest absolute Gasteiger partial charge is 0.236 e. The van der Waals surface area contributed by atoms with Crippen LogP contribution in [0.15, 0.2) is 66.7 Å². The summed E-state index contributed by atoms with van der Waals surface area (Å²) in [7, 11) is 0. The Labute approximate surface area is 151 Å². The summed E-state index contributed by atoms with van der Waals surface area (Å²) in [5.74, 6) is 0.924. The molecule has 3 aromatic carbocycles. The number of rotatable bonds is 2. The first kappa shape index (κ1) is 15.7. The summed E-state index contributed by atoms with van der Waals surface area (Å²) in [4.78, 5) is 13.1. The van der Waals surface area contributed by atoms with E-state index in [2.05, 4.69) is 5.32 Å². The van der Waals surface area contributed by atoms with Gasteiger partial charge in [0.05, 0.1) is 5.92 Å². The van der Waals surface area contributed by atoms with E-state index in [1.165, 1.54) is 0 Å². The van der Waals surface area contributed by atoms with Gasteiger partial charge in [0.25, 0.3) is 0 Å². The van der Waals surface area contributed by atoms with Crippen molar-refractivity contribution in [3.8, 4) is 11.5 Å². The zero-order valence-corrected chi connectivity index (χ0v) is 14.4. The third-order valence-electron chi connectivity index (χ3n) is 4.39. The number of hydrogen-bond acceptors (Lipinski definition) is 2. The maximum absolute atomic E-state index is 13.1. The molecular formula is C21H16ClNO2. The van der Waals surface area contributed by atoms with Gasteiger partial charge in [0.1, 0.15) is 11.5 Å². The van der Waals surface area contributed by atoms with Crippen molar-refractivity contribution in [3.05, 3.63) is 88.4 Å². The van der Waals surface area contributed by atoms with Crippen LogP contribution in [0.4, 0.5) is 5.69 Å². The number of amides is 1. The summed E-state index contributed by atoms with van der Waals surface area (Å²) in [6.07, 6.45) is 0. The van der Waals surface area contributed by atoms with E-state index in [9.17, 15) is 4.79 Å². The number of aryl methyl sites for hydroxylation is 1. The lowest BCUT2D eigenvalue weighted by Gasteiger charge is -2.27. The number of nitrogens with one attached hydrogen (secondary N) is 1. The van der Waals surface area contributed by atoms with Crippen molar-refractivity contribution in [2.24, 2.45) is 0 Å². The van der Waals surface area contributed by atoms with Crippen molar-refractivity contribution in [1.29, 1.82) is 0 Å². The van der Waals surface area contributed by atoms with Crippen LogP contribution in [-0.2, 0) is 4.79 Å². The largest absolute Gasteiger partial charge is 0.457 e. The lowest BCUT2D eigenvalue weighted by atomic mass is 9.87. The van der Waals surface area contributed by atoms with Crippen LogP contribution in [0.3, 0.4) is 0 Å². The van der Waals surface area contributed by atoms with Gasteiger partial charge in [-0.2, -0.15) is 0 Å². The monoisotopic (exact) mass is 349 g/mol. The summed E-state index contributed by atoms with van der Waals surface area (Å²) in [6, 6.07) is 20.7. The third-order valence-corrected chi connectivity index (χ3v) is 4.62. The second-order valence-corrected chi connectivity index (χ2v) is 6.50. The highest BCUT2D eigenvalue weighted by Gasteiger charge is 2.32. The topological polar surface area (TPSA) is 38.3 Å². The number of hydrogen-bond donors (Lipinski definition) is 1. The van der Waals surface area contributed by atoms with Gasteiger partial charge in [-0.15, -0.1) is 0 Å². The molecular weight excluding hydrogens is 334 g/mol. The number of benzene rings is 3. The van der Waals surface area contributed by atoms with Crippen molar-refractivity contribution in [2.75, 3.05) is 5.32 Å². The first-order valence-corrected chi connectivity index (χ1v) is 8.44. The van der Waals surface area contributed by atoms with Crippen LogP contribution in [0.2, 0.25) is 5.02 Å². The minimum atomic E-state index is -0.420. The molecule has 0 atom stereocenters. The van der Waals surface area contributed by atoms with E-state index in [-0.39, 0.29) is 5.91 Å². The van der Waals surface area contributed by atoms with Gasteiger partial charge < -0.3 is 10.1 Å². The maximum atomic E-state index is 13.1. The molecule has 1 heterocycles. The number of fused-ring (bicyclic) bond motifs is 2. The third kappa shape index (κ3) is 2.87. The molecule has 0 saturated heterocycles. The molecule has 0 unspecified atom stereocenters. The van der Waals surface area contributed by atoms with Crippen molar-refractivity contribution >= 4 is 23.2 Å². The Morgan fingerprint density at radius 2 is 1.56 bits per heavy atom. The van der Waals surface area contributed by atoms with E-state index in [4.69, 9.17) is 16.3 Å². The molecule has 0 bridgehead atoms. The predicted molar refractivity (Wildman–Crippen MR) is 99.6 cm³/mol. The molecule has 0 fully saturated rings. The Bertz CT molecular complexity index is 922. The zero-order chi connectivity index (χ0) is 17.4. The minimum Gasteiger partial charge on any atom is -0.457 e. The average Bonchev–Trinajstić information content (AvgIpc) is 2.62. The Balaban J connectivity index is 1.75. The summed E-state index contributed by atoms with van der Waals surface area (Å²) in [5, 5.41) is 3.69. The average molecular weight is 350 g/mol. The molecule has 1 aliphatic rings. The quantitative estimate of drug-likeness (QED) is 0.661. The van der Waals surface area contributed by atoms with Gasteiger partial charge in [-0.3, -0.25) is 4.79 Å². The van der Waals surface area contributed by atoms with E-state index in [1.54, 1.807) is 6.07 Å². The van der Waals surface area contributed by atoms with Crippen molar-refractivity contribution in [3.63, 3.8) is 0 Å². The van der Waals surface area contributed by atoms with E-state index in [1.807, 2.05) is 67.6 Å². The van der Waals surface area contributed by atoms with Crippen LogP contribution >= 0.6 is 11.6 Å². The number of ether oxygens (including phenoxy) is 1. The van der Waals surface area contributed by atoms with Gasteiger partial charge >= 0.3 is 0 Å². The van der Waals surface area contributed by atoms with Crippen LogP contribution in [0.5, 0.6) is 11.5 Å². The molecule has 0 radical (unpaired) electrons. The molecule has 0 saturated carbocycles. The fraction of sp³-hybridized carbons (Fsp3) is 0.0952. The number of anilines is 1. The van der Waals surface area contributed by atoms with Gasteiger partial charge in [-0.05, 0) is 42.8 Å². The lowest BCUT2D eigenvalue weighted by molar-refractivity contribution is -0.116. The van der Waals surface area contributed by atoms with E-state index < -0.39 is 5.92 Å². The van der Waals surface area contributed by atoms with Crippen LogP contribution in [0.1, 0.15) is 22.6 Å². The number of carbonyl (C=O) groups excluding carboxylic acids is 1. The molecule has 124 valence electrons. The molecule has 0 spiro atoms. The van der Waals surface area contributed by atoms with Gasteiger partial charge in [-0.1, -0.05) is 48.0 Å². The summed E-state index contributed by atoms with van der Waals surface area (Å²) >= 11 is 6.01. The van der Waals surface area contributed by atoms with E-state index in [0.717, 1.165) is 22.4 Å². The Morgan fingerprint density at radius 1 is 0.960 bits per heavy atom. The van der Waals surface area contributed by atoms with E-state index >= 15 is 0 Å². The Hall–Kier alpha value is -2.78. The molecule has 0 aromatic heterocycles. The first-order chi connectivity index (χ1) is 12.1. The van der Waals surface area contributed by atoms with Gasteiger partial charge in [-0.25, -0.2) is 0 Å². The van der Waals surface area contributed by atoms with Crippen molar-refractivity contribution in [1.82, 2.24) is 0 Å². The van der Waals surface area contributed by atoms with Crippen LogP contribution in [0, 0.1) is 6.92 Å². The molecule has 1 aliphatic heterocycles. The molecule has 1 amide bonds. The normalized spacial score (nSPS) is 12.7. The summed E-state index contributed by atoms with van der Waals surface area (Å²) in [5.41, 5.74) is 3.42. The summed E-state index contributed by atoms with van der Waals surface area (Å²) in [6.45, 7) is 1.92. The Morgan fingerprint density at radius 3 is 2.16 bits per heavy atom. The SMILES string of the molecule is Cc1cc(Cl)ccc1NC(=O)C1c2ccccc2Oc2ccccc21. The standard InChI is InChI=1S/C21H16ClNO2/c1-13-12-14(22)10-11-17(13)23-21(24)20-15-6-2-4-8-18(15)25-19-9-5-3-7-16(19)20/h2-12,20H,1H3,(H,23,24). The predicted octanol–water partition coefficient (Wildman–Crippen LogP) is 5.52. The molecule has 4 heteroatoms. The van der Waals surface area contributed by atoms with Gasteiger partial charge in [0.2, 0.25) is 5.91 Å². The first-order valence-electron chi connectivity index (χ1n) is 8.06. The fourth-order valence-electron chi connectivity index (χ4n) is 3.16. The fourth-order valence-corrected chi connectivity index (χ4v) is 3.39. The molecule has 4 rings (SSSR count). The summed E-state index contributed by atoms with van der Waals surface area (Å²) < 4.78 is 5.95. The highest BCUT2D eigenvalue weighted by atomic mass is 35.5. The lowest BCUT2D eigenvalue weighted by Crippen LogP contribution is -2.25.